The first-order chi connectivity index (χ1) is 6.65. The van der Waals surface area contributed by atoms with Gasteiger partial charge in [0.2, 0.25) is 0 Å². The summed E-state index contributed by atoms with van der Waals surface area (Å²) in [6, 6.07) is 0. The Morgan fingerprint density at radius 2 is 1.36 bits per heavy atom. The molecule has 0 bridgehead atoms. The molecule has 0 radical (unpaired) electrons. The van der Waals surface area contributed by atoms with Crippen LogP contribution in [0.25, 0.3) is 0 Å². The molecular formula is C11H27NO2. The maximum atomic E-state index is 7.97. The van der Waals surface area contributed by atoms with E-state index in [1.54, 1.807) is 0 Å². The summed E-state index contributed by atoms with van der Waals surface area (Å²) in [6.07, 6.45) is 7.39. The van der Waals surface area contributed by atoms with E-state index in [1.165, 1.54) is 32.1 Å². The Morgan fingerprint density at radius 1 is 0.929 bits per heavy atom. The summed E-state index contributed by atoms with van der Waals surface area (Å²) in [5, 5.41) is 7.97. The fourth-order valence-electron chi connectivity index (χ4n) is 0.947. The number of nitrogens with zero attached hydrogens (tertiary/aromatic N) is 1. The lowest BCUT2D eigenvalue weighted by molar-refractivity contribution is -0.242. The van der Waals surface area contributed by atoms with Crippen LogP contribution in [0.15, 0.2) is 0 Å². The number of unbranched alkanes of at least 4 members (excludes halogenated alkanes) is 5. The molecule has 0 aliphatic rings. The van der Waals surface area contributed by atoms with Crippen LogP contribution in [0.5, 0.6) is 0 Å². The fourth-order valence-corrected chi connectivity index (χ4v) is 0.947. The molecular weight excluding hydrogens is 178 g/mol. The first-order valence-electron chi connectivity index (χ1n) is 5.52. The van der Waals surface area contributed by atoms with Gasteiger partial charge in [0, 0.05) is 0 Å². The SMILES string of the molecule is CCCCCCCCOO.CN(C)C. The van der Waals surface area contributed by atoms with Gasteiger partial charge < -0.3 is 4.90 Å². The van der Waals surface area contributed by atoms with Crippen LogP contribution in [0.1, 0.15) is 45.4 Å². The van der Waals surface area contributed by atoms with Crippen LogP contribution in [0.2, 0.25) is 0 Å². The molecule has 0 aromatic carbocycles. The Bertz CT molecular complexity index is 76.6. The molecule has 0 aliphatic carbocycles. The van der Waals surface area contributed by atoms with Gasteiger partial charge in [0.15, 0.2) is 0 Å². The van der Waals surface area contributed by atoms with Crippen molar-refractivity contribution in [3.63, 3.8) is 0 Å². The van der Waals surface area contributed by atoms with Crippen molar-refractivity contribution in [1.29, 1.82) is 0 Å². The second kappa shape index (κ2) is 15.4. The molecule has 88 valence electrons. The zero-order chi connectivity index (χ0) is 11.2. The van der Waals surface area contributed by atoms with Gasteiger partial charge in [-0.3, -0.25) is 5.26 Å². The highest BCUT2D eigenvalue weighted by Gasteiger charge is 1.88. The zero-order valence-corrected chi connectivity index (χ0v) is 10.3. The van der Waals surface area contributed by atoms with Crippen LogP contribution in [0.3, 0.4) is 0 Å². The molecule has 0 spiro atoms. The normalized spacial score (nSPS) is 9.86. The maximum Gasteiger partial charge on any atom is 0.0819 e. The summed E-state index contributed by atoms with van der Waals surface area (Å²) in [7, 11) is 6.00. The smallest absolute Gasteiger partial charge is 0.0819 e. The topological polar surface area (TPSA) is 32.7 Å². The lowest BCUT2D eigenvalue weighted by Crippen LogP contribution is -1.99. The van der Waals surface area contributed by atoms with Crippen LogP contribution >= 0.6 is 0 Å². The molecule has 0 aromatic heterocycles. The molecule has 0 aromatic rings. The van der Waals surface area contributed by atoms with Gasteiger partial charge in [0.25, 0.3) is 0 Å². The molecule has 0 unspecified atom stereocenters. The summed E-state index contributed by atoms with van der Waals surface area (Å²) in [4.78, 5) is 5.95. The van der Waals surface area contributed by atoms with Crippen molar-refractivity contribution in [2.75, 3.05) is 27.7 Å². The van der Waals surface area contributed by atoms with E-state index in [-0.39, 0.29) is 0 Å². The van der Waals surface area contributed by atoms with Crippen molar-refractivity contribution >= 4 is 0 Å². The van der Waals surface area contributed by atoms with Crippen molar-refractivity contribution < 1.29 is 10.1 Å². The van der Waals surface area contributed by atoms with Crippen molar-refractivity contribution in [1.82, 2.24) is 4.90 Å². The van der Waals surface area contributed by atoms with Gasteiger partial charge in [-0.25, -0.2) is 4.89 Å². The Kier molecular flexibility index (Phi) is 17.9. The third kappa shape index (κ3) is 29.7. The molecule has 0 saturated heterocycles. The van der Waals surface area contributed by atoms with Crippen LogP contribution in [0, 0.1) is 0 Å². The highest BCUT2D eigenvalue weighted by Crippen LogP contribution is 2.04. The molecule has 0 aliphatic heterocycles. The van der Waals surface area contributed by atoms with E-state index in [1.807, 2.05) is 26.0 Å². The highest BCUT2D eigenvalue weighted by atomic mass is 17.1. The average Bonchev–Trinajstić information content (AvgIpc) is 2.10. The maximum absolute atomic E-state index is 7.97. The minimum absolute atomic E-state index is 0.492. The van der Waals surface area contributed by atoms with Crippen molar-refractivity contribution in [2.24, 2.45) is 0 Å². The van der Waals surface area contributed by atoms with E-state index in [4.69, 9.17) is 5.26 Å². The third-order valence-electron chi connectivity index (χ3n) is 1.59. The molecule has 0 saturated carbocycles. The van der Waals surface area contributed by atoms with Gasteiger partial charge in [-0.1, -0.05) is 39.0 Å². The fraction of sp³-hybridized carbons (Fsp3) is 1.00. The molecule has 0 fully saturated rings. The molecule has 0 rings (SSSR count). The van der Waals surface area contributed by atoms with Gasteiger partial charge in [0.1, 0.15) is 0 Å². The van der Waals surface area contributed by atoms with E-state index >= 15 is 0 Å². The predicted molar refractivity (Wildman–Crippen MR) is 61.6 cm³/mol. The number of rotatable bonds is 7. The highest BCUT2D eigenvalue weighted by molar-refractivity contribution is 4.41. The Balaban J connectivity index is 0. The quantitative estimate of drug-likeness (QED) is 0.394. The monoisotopic (exact) mass is 205 g/mol. The minimum Gasteiger partial charge on any atom is -0.312 e. The van der Waals surface area contributed by atoms with E-state index in [9.17, 15) is 0 Å². The molecule has 3 nitrogen and oxygen atoms in total. The summed E-state index contributed by atoms with van der Waals surface area (Å²) in [5.74, 6) is 0. The Morgan fingerprint density at radius 3 is 1.79 bits per heavy atom. The van der Waals surface area contributed by atoms with Gasteiger partial charge >= 0.3 is 0 Å². The van der Waals surface area contributed by atoms with Gasteiger partial charge in [-0.2, -0.15) is 0 Å². The predicted octanol–water partition coefficient (Wildman–Crippen LogP) is 3.01. The zero-order valence-electron chi connectivity index (χ0n) is 10.3. The minimum atomic E-state index is 0.492. The van der Waals surface area contributed by atoms with Crippen molar-refractivity contribution in [3.05, 3.63) is 0 Å². The van der Waals surface area contributed by atoms with Crippen LogP contribution in [0.4, 0.5) is 0 Å². The van der Waals surface area contributed by atoms with Gasteiger partial charge in [-0.05, 0) is 27.6 Å². The van der Waals surface area contributed by atoms with Gasteiger partial charge in [-0.15, -0.1) is 0 Å². The average molecular weight is 205 g/mol. The lowest BCUT2D eigenvalue weighted by atomic mass is 10.1. The third-order valence-corrected chi connectivity index (χ3v) is 1.59. The largest absolute Gasteiger partial charge is 0.312 e. The van der Waals surface area contributed by atoms with E-state index in [0.29, 0.717) is 6.61 Å². The number of hydrogen-bond acceptors (Lipinski definition) is 3. The molecule has 1 N–H and O–H groups in total. The van der Waals surface area contributed by atoms with Crippen LogP contribution < -0.4 is 0 Å². The van der Waals surface area contributed by atoms with Crippen LogP contribution in [-0.4, -0.2) is 37.9 Å². The molecule has 3 heteroatoms. The van der Waals surface area contributed by atoms with E-state index < -0.39 is 0 Å². The summed E-state index contributed by atoms with van der Waals surface area (Å²) >= 11 is 0. The Labute approximate surface area is 89.0 Å². The Hall–Kier alpha value is -0.120. The molecule has 0 heterocycles. The van der Waals surface area contributed by atoms with Crippen molar-refractivity contribution in [3.8, 4) is 0 Å². The van der Waals surface area contributed by atoms with E-state index in [0.717, 1.165) is 6.42 Å². The molecule has 0 amide bonds. The first-order valence-corrected chi connectivity index (χ1v) is 5.52. The first kappa shape index (κ1) is 16.3. The summed E-state index contributed by atoms with van der Waals surface area (Å²) < 4.78 is 0. The standard InChI is InChI=1S/C8H18O2.C3H9N/c1-2-3-4-5-6-7-8-10-9;1-4(2)3/h9H,2-8H2,1H3;1-3H3. The van der Waals surface area contributed by atoms with E-state index in [2.05, 4.69) is 11.8 Å². The van der Waals surface area contributed by atoms with Crippen molar-refractivity contribution in [2.45, 2.75) is 45.4 Å². The second-order valence-corrected chi connectivity index (χ2v) is 3.94. The van der Waals surface area contributed by atoms with Gasteiger partial charge in [0.05, 0.1) is 6.61 Å². The summed E-state index contributed by atoms with van der Waals surface area (Å²) in [6.45, 7) is 2.70. The molecule has 14 heavy (non-hydrogen) atoms. The number of hydrogen-bond donors (Lipinski definition) is 1. The lowest BCUT2D eigenvalue weighted by Gasteiger charge is -1.97. The van der Waals surface area contributed by atoms with Crippen LogP contribution in [-0.2, 0) is 4.89 Å². The second-order valence-electron chi connectivity index (χ2n) is 3.94. The molecule has 0 atom stereocenters. The summed E-state index contributed by atoms with van der Waals surface area (Å²) in [5.41, 5.74) is 0.